The molecule has 20 heavy (non-hydrogen) atoms. The van der Waals surface area contributed by atoms with Gasteiger partial charge in [0, 0.05) is 11.8 Å². The second-order valence-corrected chi connectivity index (χ2v) is 5.67. The molecule has 0 bridgehead atoms. The fraction of sp³-hybridized carbons (Fsp3) is 0.286. The summed E-state index contributed by atoms with van der Waals surface area (Å²) >= 11 is 12.0. The highest BCUT2D eigenvalue weighted by atomic mass is 35.5. The van der Waals surface area contributed by atoms with Crippen LogP contribution in [0, 0.1) is 0 Å². The number of nitrogens with zero attached hydrogens (tertiary/aromatic N) is 1. The third kappa shape index (κ3) is 1.91. The van der Waals surface area contributed by atoms with Gasteiger partial charge in [-0.2, -0.15) is 0 Å². The lowest BCUT2D eigenvalue weighted by molar-refractivity contribution is 0.0972. The van der Waals surface area contributed by atoms with Crippen LogP contribution in [-0.4, -0.2) is 21.6 Å². The third-order valence-corrected chi connectivity index (χ3v) is 4.37. The highest BCUT2D eigenvalue weighted by Gasteiger charge is 2.27. The third-order valence-electron chi connectivity index (χ3n) is 3.65. The predicted octanol–water partition coefficient (Wildman–Crippen LogP) is 4.38. The molecule has 3 rings (SSSR count). The molecule has 1 aromatic carbocycles. The number of rotatable bonds is 0. The molecule has 1 aliphatic rings. The molecule has 1 N–H and O–H groups in total. The van der Waals surface area contributed by atoms with Crippen LogP contribution in [0.5, 0.6) is 0 Å². The van der Waals surface area contributed by atoms with E-state index in [4.69, 9.17) is 23.2 Å². The zero-order valence-corrected chi connectivity index (χ0v) is 12.0. The Morgan fingerprint density at radius 1 is 1.15 bits per heavy atom. The Kier molecular flexibility index (Phi) is 3.22. The van der Waals surface area contributed by atoms with Gasteiger partial charge in [-0.05, 0) is 37.0 Å². The smallest absolute Gasteiger partial charge is 0.416 e. The number of ketones is 1. The van der Waals surface area contributed by atoms with E-state index < -0.39 is 6.09 Å². The lowest BCUT2D eigenvalue weighted by Gasteiger charge is -2.04. The van der Waals surface area contributed by atoms with Crippen LogP contribution >= 0.6 is 23.2 Å². The highest BCUT2D eigenvalue weighted by Crippen LogP contribution is 2.36. The Morgan fingerprint density at radius 3 is 2.50 bits per heavy atom. The number of fused-ring (bicyclic) bond motifs is 3. The number of carbonyl (C=O) groups excluding carboxylic acids is 1. The topological polar surface area (TPSA) is 59.3 Å². The molecule has 0 unspecified atom stereocenters. The van der Waals surface area contributed by atoms with Crippen LogP contribution in [0.25, 0.3) is 10.9 Å². The average molecular weight is 312 g/mol. The van der Waals surface area contributed by atoms with Gasteiger partial charge in [-0.3, -0.25) is 4.79 Å². The molecule has 1 aliphatic carbocycles. The summed E-state index contributed by atoms with van der Waals surface area (Å²) in [5, 5.41) is 10.8. The van der Waals surface area contributed by atoms with Crippen LogP contribution in [0.15, 0.2) is 12.1 Å². The van der Waals surface area contributed by atoms with Gasteiger partial charge in [0.25, 0.3) is 0 Å². The van der Waals surface area contributed by atoms with Gasteiger partial charge in [-0.1, -0.05) is 23.2 Å². The summed E-state index contributed by atoms with van der Waals surface area (Å²) in [7, 11) is 0. The summed E-state index contributed by atoms with van der Waals surface area (Å²) in [6.07, 6.45) is 1.51. The molecule has 0 spiro atoms. The van der Waals surface area contributed by atoms with Crippen molar-refractivity contribution in [1.82, 2.24) is 4.57 Å². The number of Topliss-reactive ketones (excluding diaryl/α,β-unsaturated/α-hetero) is 1. The van der Waals surface area contributed by atoms with E-state index >= 15 is 0 Å². The van der Waals surface area contributed by atoms with Crippen molar-refractivity contribution in [2.45, 2.75) is 25.7 Å². The Bertz CT molecular complexity index is 749. The first-order chi connectivity index (χ1) is 9.50. The first-order valence-corrected chi connectivity index (χ1v) is 7.05. The van der Waals surface area contributed by atoms with Gasteiger partial charge >= 0.3 is 6.09 Å². The molecule has 1 aromatic heterocycles. The van der Waals surface area contributed by atoms with Gasteiger partial charge in [0.2, 0.25) is 0 Å². The minimum absolute atomic E-state index is 0.136. The van der Waals surface area contributed by atoms with Crippen molar-refractivity contribution >= 4 is 46.0 Å². The lowest BCUT2D eigenvalue weighted by atomic mass is 10.1. The molecule has 104 valence electrons. The summed E-state index contributed by atoms with van der Waals surface area (Å²) < 4.78 is 1.04. The molecule has 4 nitrogen and oxygen atoms in total. The zero-order valence-electron chi connectivity index (χ0n) is 10.4. The van der Waals surface area contributed by atoms with Crippen LogP contribution in [0.1, 0.15) is 35.3 Å². The fourth-order valence-corrected chi connectivity index (χ4v) is 3.12. The molecular formula is C14H11Cl2NO3. The first-order valence-electron chi connectivity index (χ1n) is 6.29. The number of carboxylic acid groups (broad SMARTS) is 1. The van der Waals surface area contributed by atoms with Crippen molar-refractivity contribution in [3.8, 4) is 0 Å². The van der Waals surface area contributed by atoms with E-state index in [2.05, 4.69) is 0 Å². The molecule has 6 heteroatoms. The van der Waals surface area contributed by atoms with E-state index in [9.17, 15) is 14.7 Å². The Labute approximate surface area is 124 Å². The minimum Gasteiger partial charge on any atom is -0.464 e. The fourth-order valence-electron chi connectivity index (χ4n) is 2.80. The number of hydrogen-bond acceptors (Lipinski definition) is 2. The van der Waals surface area contributed by atoms with Crippen molar-refractivity contribution in [1.29, 1.82) is 0 Å². The number of hydrogen-bond donors (Lipinski definition) is 1. The van der Waals surface area contributed by atoms with Gasteiger partial charge in [0.15, 0.2) is 5.78 Å². The Balaban J connectivity index is 2.46. The molecule has 0 atom stereocenters. The summed E-state index contributed by atoms with van der Waals surface area (Å²) in [6, 6.07) is 3.16. The van der Waals surface area contributed by atoms with Crippen LogP contribution in [0.2, 0.25) is 10.0 Å². The monoisotopic (exact) mass is 311 g/mol. The van der Waals surface area contributed by atoms with E-state index in [0.29, 0.717) is 28.8 Å². The van der Waals surface area contributed by atoms with Gasteiger partial charge in [-0.15, -0.1) is 0 Å². The summed E-state index contributed by atoms with van der Waals surface area (Å²) in [6.45, 7) is 0. The predicted molar refractivity (Wildman–Crippen MR) is 77.3 cm³/mol. The standard InChI is InChI=1S/C14H11Cl2NO3/c15-9-5-8-7-3-1-2-4-12(18)13(7)17(14(19)20)11(8)6-10(9)16/h5-6H,1-4H2,(H,19,20). The minimum atomic E-state index is -1.18. The maximum Gasteiger partial charge on any atom is 0.416 e. The van der Waals surface area contributed by atoms with Crippen molar-refractivity contribution in [3.05, 3.63) is 33.4 Å². The summed E-state index contributed by atoms with van der Waals surface area (Å²) in [5.74, 6) is -0.136. The number of aryl methyl sites for hydroxylation is 1. The number of benzene rings is 1. The number of aromatic nitrogens is 1. The van der Waals surface area contributed by atoms with Crippen molar-refractivity contribution in [3.63, 3.8) is 0 Å². The van der Waals surface area contributed by atoms with Gasteiger partial charge in [-0.25, -0.2) is 9.36 Å². The van der Waals surface area contributed by atoms with E-state index in [1.54, 1.807) is 6.07 Å². The van der Waals surface area contributed by atoms with Crippen LogP contribution in [0.3, 0.4) is 0 Å². The van der Waals surface area contributed by atoms with E-state index in [0.717, 1.165) is 23.0 Å². The summed E-state index contributed by atoms with van der Waals surface area (Å²) in [5.41, 5.74) is 1.46. The molecule has 0 aliphatic heterocycles. The van der Waals surface area contributed by atoms with Crippen LogP contribution in [0.4, 0.5) is 4.79 Å². The molecule has 0 radical (unpaired) electrons. The van der Waals surface area contributed by atoms with Crippen molar-refractivity contribution < 1.29 is 14.7 Å². The molecule has 0 saturated heterocycles. The maximum absolute atomic E-state index is 12.2. The first kappa shape index (κ1) is 13.5. The van der Waals surface area contributed by atoms with E-state index in [-0.39, 0.29) is 16.5 Å². The second-order valence-electron chi connectivity index (χ2n) is 4.86. The maximum atomic E-state index is 12.2. The zero-order chi connectivity index (χ0) is 14.4. The number of halogens is 2. The van der Waals surface area contributed by atoms with E-state index in [1.807, 2.05) is 0 Å². The van der Waals surface area contributed by atoms with Crippen LogP contribution in [-0.2, 0) is 6.42 Å². The quantitative estimate of drug-likeness (QED) is 0.734. The van der Waals surface area contributed by atoms with E-state index in [1.165, 1.54) is 6.07 Å². The average Bonchev–Trinajstić information content (AvgIpc) is 2.56. The molecule has 1 heterocycles. The molecule has 0 fully saturated rings. The molecule has 2 aromatic rings. The highest BCUT2D eigenvalue weighted by molar-refractivity contribution is 6.43. The normalized spacial score (nSPS) is 15.2. The van der Waals surface area contributed by atoms with Gasteiger partial charge < -0.3 is 5.11 Å². The number of carbonyl (C=O) groups is 2. The SMILES string of the molecule is O=C1CCCCc2c1n(C(=O)O)c1cc(Cl)c(Cl)cc21. The molecule has 0 saturated carbocycles. The molecular weight excluding hydrogens is 301 g/mol. The van der Waals surface area contributed by atoms with Crippen LogP contribution < -0.4 is 0 Å². The Hall–Kier alpha value is -1.52. The van der Waals surface area contributed by atoms with Crippen molar-refractivity contribution in [2.24, 2.45) is 0 Å². The largest absolute Gasteiger partial charge is 0.464 e. The van der Waals surface area contributed by atoms with Gasteiger partial charge in [0.05, 0.1) is 21.3 Å². The second kappa shape index (κ2) is 4.79. The molecule has 0 amide bonds. The Morgan fingerprint density at radius 2 is 1.80 bits per heavy atom. The summed E-state index contributed by atoms with van der Waals surface area (Å²) in [4.78, 5) is 23.8. The van der Waals surface area contributed by atoms with Gasteiger partial charge in [0.1, 0.15) is 0 Å². The van der Waals surface area contributed by atoms with Crippen molar-refractivity contribution in [2.75, 3.05) is 0 Å². The lowest BCUT2D eigenvalue weighted by Crippen LogP contribution is -2.15.